The van der Waals surface area contributed by atoms with Crippen LogP contribution in [0.1, 0.15) is 22.3 Å². The quantitative estimate of drug-likeness (QED) is 0.197. The van der Waals surface area contributed by atoms with Gasteiger partial charge in [-0.25, -0.2) is 0 Å². The minimum atomic E-state index is -4.62. The number of aryl methyl sites for hydroxylation is 2. The third kappa shape index (κ3) is 4.13. The highest BCUT2D eigenvalue weighted by molar-refractivity contribution is 6.12. The van der Waals surface area contributed by atoms with Crippen LogP contribution in [-0.4, -0.2) is 9.13 Å². The molecule has 3 nitrogen and oxygen atoms in total. The minimum Gasteiger partial charge on any atom is -0.308 e. The number of alkyl halides is 3. The summed E-state index contributed by atoms with van der Waals surface area (Å²) in [7, 11) is 0. The van der Waals surface area contributed by atoms with Crippen molar-refractivity contribution in [3.63, 3.8) is 0 Å². The van der Waals surface area contributed by atoms with Gasteiger partial charge in [-0.1, -0.05) is 77.9 Å². The Balaban J connectivity index is 1.63. The number of nitrogens with zero attached hydrogens (tertiary/aromatic N) is 3. The van der Waals surface area contributed by atoms with Crippen LogP contribution in [0.5, 0.6) is 0 Å². The monoisotopic (exact) mass is 605 g/mol. The van der Waals surface area contributed by atoms with Crippen molar-refractivity contribution in [1.82, 2.24) is 9.13 Å². The molecule has 2 heterocycles. The van der Waals surface area contributed by atoms with Crippen LogP contribution in [0, 0.1) is 25.2 Å². The molecule has 8 aromatic rings. The molecule has 46 heavy (non-hydrogen) atoms. The molecule has 0 radical (unpaired) electrons. The van der Waals surface area contributed by atoms with Crippen LogP contribution in [-0.2, 0) is 6.18 Å². The van der Waals surface area contributed by atoms with Crippen molar-refractivity contribution in [3.8, 4) is 28.6 Å². The Morgan fingerprint density at radius 3 is 1.50 bits per heavy atom. The van der Waals surface area contributed by atoms with Crippen molar-refractivity contribution in [2.24, 2.45) is 0 Å². The first-order valence-electron chi connectivity index (χ1n) is 15.0. The lowest BCUT2D eigenvalue weighted by atomic mass is 9.94. The average Bonchev–Trinajstić information content (AvgIpc) is 3.56. The van der Waals surface area contributed by atoms with Crippen molar-refractivity contribution in [3.05, 3.63) is 144 Å². The number of para-hydroxylation sites is 2. The van der Waals surface area contributed by atoms with Gasteiger partial charge in [0.25, 0.3) is 0 Å². The molecule has 0 saturated carbocycles. The predicted octanol–water partition coefficient (Wildman–Crippen LogP) is 11.1. The maximum atomic E-state index is 14.9. The second kappa shape index (κ2) is 10.1. The molecule has 0 N–H and O–H groups in total. The highest BCUT2D eigenvalue weighted by atomic mass is 19.4. The van der Waals surface area contributed by atoms with Crippen molar-refractivity contribution in [1.29, 1.82) is 5.26 Å². The van der Waals surface area contributed by atoms with Crippen molar-refractivity contribution < 1.29 is 13.2 Å². The van der Waals surface area contributed by atoms with Gasteiger partial charge in [0.1, 0.15) is 0 Å². The van der Waals surface area contributed by atoms with Crippen molar-refractivity contribution in [2.45, 2.75) is 20.0 Å². The summed E-state index contributed by atoms with van der Waals surface area (Å²) in [5.74, 6) is 0. The summed E-state index contributed by atoms with van der Waals surface area (Å²) in [6.45, 7) is 4.05. The van der Waals surface area contributed by atoms with E-state index in [9.17, 15) is 18.4 Å². The summed E-state index contributed by atoms with van der Waals surface area (Å²) in [6.07, 6.45) is -4.62. The molecule has 0 fully saturated rings. The number of aromatic nitrogens is 2. The van der Waals surface area contributed by atoms with E-state index in [1.807, 2.05) is 95.8 Å². The SMILES string of the molecule is Cc1ccc2c(c1)c1ccccc1n2-c1cc(C#N)cc(-n2c3ccccc3c3cc(C)ccc32)c1-c1ccccc1C(F)(F)F. The van der Waals surface area contributed by atoms with E-state index in [0.29, 0.717) is 22.5 Å². The third-order valence-electron chi connectivity index (χ3n) is 8.87. The first-order chi connectivity index (χ1) is 22.2. The van der Waals surface area contributed by atoms with Gasteiger partial charge in [0, 0.05) is 27.1 Å². The molecule has 6 aromatic carbocycles. The van der Waals surface area contributed by atoms with E-state index < -0.39 is 11.7 Å². The lowest BCUT2D eigenvalue weighted by molar-refractivity contribution is -0.137. The van der Waals surface area contributed by atoms with Crippen LogP contribution in [0.15, 0.2) is 121 Å². The highest BCUT2D eigenvalue weighted by Gasteiger charge is 2.35. The number of halogens is 3. The van der Waals surface area contributed by atoms with Crippen molar-refractivity contribution >= 4 is 43.6 Å². The van der Waals surface area contributed by atoms with Crippen LogP contribution >= 0.6 is 0 Å². The smallest absolute Gasteiger partial charge is 0.308 e. The van der Waals surface area contributed by atoms with Gasteiger partial charge < -0.3 is 9.13 Å². The number of fused-ring (bicyclic) bond motifs is 6. The minimum absolute atomic E-state index is 0.0422. The van der Waals surface area contributed by atoms with Gasteiger partial charge in [0.05, 0.1) is 50.6 Å². The lowest BCUT2D eigenvalue weighted by Crippen LogP contribution is -2.10. The molecule has 2 aromatic heterocycles. The molecule has 0 aliphatic heterocycles. The zero-order valence-corrected chi connectivity index (χ0v) is 25.0. The molecule has 0 unspecified atom stereocenters. The van der Waals surface area contributed by atoms with E-state index >= 15 is 0 Å². The first-order valence-corrected chi connectivity index (χ1v) is 15.0. The Morgan fingerprint density at radius 1 is 0.543 bits per heavy atom. The summed E-state index contributed by atoms with van der Waals surface area (Å²) >= 11 is 0. The predicted molar refractivity (Wildman–Crippen MR) is 180 cm³/mol. The van der Waals surface area contributed by atoms with Crippen LogP contribution in [0.4, 0.5) is 13.2 Å². The standard InChI is InChI=1S/C40H26F3N3/c1-24-15-17-35-30(19-24)27-9-4-7-13-33(27)45(35)37-21-26(23-44)22-38(39(37)29-11-3-6-12-32(29)40(41,42)43)46-34-14-8-5-10-28(34)31-20-25(2)16-18-36(31)46/h3-22H,1-2H3. The van der Waals surface area contributed by atoms with E-state index in [1.165, 1.54) is 12.1 Å². The van der Waals surface area contributed by atoms with Crippen LogP contribution in [0.3, 0.4) is 0 Å². The molecular weight excluding hydrogens is 579 g/mol. The number of hydrogen-bond donors (Lipinski definition) is 0. The normalized spacial score (nSPS) is 12.0. The molecule has 0 aliphatic carbocycles. The van der Waals surface area contributed by atoms with Gasteiger partial charge in [-0.05, 0) is 74.0 Å². The Kier molecular flexibility index (Phi) is 6.10. The van der Waals surface area contributed by atoms with Gasteiger partial charge in [0.2, 0.25) is 0 Å². The second-order valence-corrected chi connectivity index (χ2v) is 11.8. The maximum Gasteiger partial charge on any atom is 0.417 e. The average molecular weight is 606 g/mol. The van der Waals surface area contributed by atoms with Crippen LogP contribution in [0.2, 0.25) is 0 Å². The highest BCUT2D eigenvalue weighted by Crippen LogP contribution is 2.46. The Labute approximate surface area is 263 Å². The first kappa shape index (κ1) is 27.7. The topological polar surface area (TPSA) is 33.6 Å². The van der Waals surface area contributed by atoms with E-state index in [-0.39, 0.29) is 5.56 Å². The number of nitriles is 1. The van der Waals surface area contributed by atoms with Gasteiger partial charge in [-0.15, -0.1) is 0 Å². The van der Waals surface area contributed by atoms with E-state index in [4.69, 9.17) is 0 Å². The second-order valence-electron chi connectivity index (χ2n) is 11.8. The molecular formula is C40H26F3N3. The third-order valence-corrected chi connectivity index (χ3v) is 8.87. The van der Waals surface area contributed by atoms with Crippen LogP contribution in [0.25, 0.3) is 66.1 Å². The van der Waals surface area contributed by atoms with Gasteiger partial charge in [-0.2, -0.15) is 18.4 Å². The van der Waals surface area contributed by atoms with Gasteiger partial charge >= 0.3 is 6.18 Å². The summed E-state index contributed by atoms with van der Waals surface area (Å²) in [4.78, 5) is 0. The Hall–Kier alpha value is -5.80. The molecule has 0 amide bonds. The lowest BCUT2D eigenvalue weighted by Gasteiger charge is -2.23. The van der Waals surface area contributed by atoms with E-state index in [0.717, 1.165) is 60.8 Å². The fourth-order valence-electron chi connectivity index (χ4n) is 6.95. The van der Waals surface area contributed by atoms with E-state index in [1.54, 1.807) is 18.2 Å². The fourth-order valence-corrected chi connectivity index (χ4v) is 6.95. The summed E-state index contributed by atoms with van der Waals surface area (Å²) in [5.41, 5.74) is 6.55. The summed E-state index contributed by atoms with van der Waals surface area (Å²) < 4.78 is 48.6. The number of benzene rings is 6. The largest absolute Gasteiger partial charge is 0.417 e. The van der Waals surface area contributed by atoms with E-state index in [2.05, 4.69) is 18.2 Å². The maximum absolute atomic E-state index is 14.9. The Bertz CT molecular complexity index is 2420. The molecule has 0 bridgehead atoms. The molecule has 0 atom stereocenters. The molecule has 8 rings (SSSR count). The molecule has 0 saturated heterocycles. The molecule has 0 aliphatic rings. The van der Waals surface area contributed by atoms with Gasteiger partial charge in [0.15, 0.2) is 0 Å². The van der Waals surface area contributed by atoms with Gasteiger partial charge in [-0.3, -0.25) is 0 Å². The summed E-state index contributed by atoms with van der Waals surface area (Å²) in [5, 5.41) is 14.3. The zero-order chi connectivity index (χ0) is 31.7. The fraction of sp³-hybridized carbons (Fsp3) is 0.0750. The molecule has 0 spiro atoms. The molecule has 6 heteroatoms. The summed E-state index contributed by atoms with van der Waals surface area (Å²) in [6, 6.07) is 39.5. The van der Waals surface area contributed by atoms with Crippen LogP contribution < -0.4 is 0 Å². The zero-order valence-electron chi connectivity index (χ0n) is 25.0. The number of hydrogen-bond acceptors (Lipinski definition) is 1. The Morgan fingerprint density at radius 2 is 1.00 bits per heavy atom. The molecule has 222 valence electrons. The number of rotatable bonds is 3. The van der Waals surface area contributed by atoms with Crippen molar-refractivity contribution in [2.75, 3.05) is 0 Å².